The predicted molar refractivity (Wildman–Crippen MR) is 88.2 cm³/mol. The fraction of sp³-hybridized carbons (Fsp3) is 0.312. The van der Waals surface area contributed by atoms with Gasteiger partial charge in [0, 0.05) is 17.8 Å². The number of carbonyl (C=O) groups is 1. The first kappa shape index (κ1) is 18.4. The molecule has 0 aliphatic rings. The summed E-state index contributed by atoms with van der Waals surface area (Å²) >= 11 is 6.33. The van der Waals surface area contributed by atoms with Gasteiger partial charge in [-0.25, -0.2) is 4.79 Å². The summed E-state index contributed by atoms with van der Waals surface area (Å²) in [7, 11) is 1.24. The summed E-state index contributed by atoms with van der Waals surface area (Å²) < 4.78 is 4.69. The van der Waals surface area contributed by atoms with Crippen molar-refractivity contribution in [1.29, 1.82) is 0 Å². The Morgan fingerprint density at radius 3 is 2.38 bits per heavy atom. The van der Waals surface area contributed by atoms with E-state index in [-0.39, 0.29) is 37.1 Å². The summed E-state index contributed by atoms with van der Waals surface area (Å²) in [6.45, 7) is -0.935. The molecular formula is C16H19ClN2O5. The van der Waals surface area contributed by atoms with E-state index in [0.29, 0.717) is 33.5 Å². The first-order chi connectivity index (χ1) is 11.5. The lowest BCUT2D eigenvalue weighted by Gasteiger charge is -2.16. The quantitative estimate of drug-likeness (QED) is 0.493. The zero-order valence-corrected chi connectivity index (χ0v) is 13.9. The molecule has 1 aromatic heterocycles. The van der Waals surface area contributed by atoms with Crippen LogP contribution in [0.1, 0.15) is 32.9 Å². The van der Waals surface area contributed by atoms with Crippen LogP contribution in [0.2, 0.25) is 5.02 Å². The van der Waals surface area contributed by atoms with Crippen molar-refractivity contribution in [3.8, 4) is 11.1 Å². The molecule has 7 nitrogen and oxygen atoms in total. The number of aliphatic hydroxyl groups excluding tert-OH is 3. The van der Waals surface area contributed by atoms with E-state index in [4.69, 9.17) is 17.3 Å². The number of nitrogens with one attached hydrogen (secondary N) is 1. The molecule has 0 atom stereocenters. The number of esters is 1. The molecule has 0 saturated carbocycles. The van der Waals surface area contributed by atoms with Crippen molar-refractivity contribution < 1.29 is 24.9 Å². The number of halogens is 1. The van der Waals surface area contributed by atoms with Gasteiger partial charge in [-0.05, 0) is 22.3 Å². The Kier molecular flexibility index (Phi) is 5.98. The first-order valence-electron chi connectivity index (χ1n) is 7.19. The van der Waals surface area contributed by atoms with E-state index >= 15 is 0 Å². The third-order valence-electron chi connectivity index (χ3n) is 3.89. The molecule has 0 spiro atoms. The Hall–Kier alpha value is -1.90. The van der Waals surface area contributed by atoms with Crippen molar-refractivity contribution in [2.24, 2.45) is 5.73 Å². The summed E-state index contributed by atoms with van der Waals surface area (Å²) in [4.78, 5) is 14.7. The summed E-state index contributed by atoms with van der Waals surface area (Å²) in [5.41, 5.74) is 8.61. The highest BCUT2D eigenvalue weighted by Crippen LogP contribution is 2.38. The second-order valence-corrected chi connectivity index (χ2v) is 5.44. The highest BCUT2D eigenvalue weighted by atomic mass is 35.5. The van der Waals surface area contributed by atoms with Gasteiger partial charge < -0.3 is 30.8 Å². The molecule has 2 rings (SSSR count). The molecular weight excluding hydrogens is 336 g/mol. The third kappa shape index (κ3) is 3.04. The molecule has 8 heteroatoms. The van der Waals surface area contributed by atoms with E-state index in [0.717, 1.165) is 0 Å². The summed E-state index contributed by atoms with van der Waals surface area (Å²) in [5, 5.41) is 28.9. The smallest absolute Gasteiger partial charge is 0.356 e. The number of carbonyl (C=O) groups excluding carboxylic acids is 1. The van der Waals surface area contributed by atoms with Gasteiger partial charge >= 0.3 is 5.97 Å². The lowest BCUT2D eigenvalue weighted by atomic mass is 9.92. The number of aliphatic hydroxyl groups is 3. The highest BCUT2D eigenvalue weighted by Gasteiger charge is 2.24. The van der Waals surface area contributed by atoms with E-state index in [1.165, 1.54) is 7.11 Å². The normalized spacial score (nSPS) is 10.9. The van der Waals surface area contributed by atoms with Crippen molar-refractivity contribution in [3.63, 3.8) is 0 Å². The Morgan fingerprint density at radius 1 is 1.21 bits per heavy atom. The zero-order chi connectivity index (χ0) is 17.9. The minimum absolute atomic E-state index is 0.0651. The van der Waals surface area contributed by atoms with Gasteiger partial charge in [0.25, 0.3) is 0 Å². The number of aromatic amines is 1. The molecule has 0 aliphatic heterocycles. The number of hydrogen-bond donors (Lipinski definition) is 5. The lowest BCUT2D eigenvalue weighted by Crippen LogP contribution is -2.05. The average Bonchev–Trinajstić information content (AvgIpc) is 2.95. The van der Waals surface area contributed by atoms with E-state index in [9.17, 15) is 20.1 Å². The molecule has 24 heavy (non-hydrogen) atoms. The summed E-state index contributed by atoms with van der Waals surface area (Å²) in [6, 6.07) is 3.28. The molecule has 2 aromatic rings. The Morgan fingerprint density at radius 2 is 1.88 bits per heavy atom. The van der Waals surface area contributed by atoms with Crippen molar-refractivity contribution in [2.75, 3.05) is 7.11 Å². The number of benzene rings is 1. The topological polar surface area (TPSA) is 129 Å². The number of rotatable bonds is 6. The number of methoxy groups -OCH3 is 1. The summed E-state index contributed by atoms with van der Waals surface area (Å²) in [5.74, 6) is -0.638. The van der Waals surface area contributed by atoms with Gasteiger partial charge in [-0.15, -0.1) is 0 Å². The third-order valence-corrected chi connectivity index (χ3v) is 4.27. The zero-order valence-electron chi connectivity index (χ0n) is 13.1. The molecule has 130 valence electrons. The van der Waals surface area contributed by atoms with Crippen molar-refractivity contribution in [3.05, 3.63) is 45.2 Å². The summed E-state index contributed by atoms with van der Waals surface area (Å²) in [6.07, 6.45) is 0. The van der Waals surface area contributed by atoms with Crippen LogP contribution in [0, 0.1) is 0 Å². The molecule has 0 amide bonds. The maximum Gasteiger partial charge on any atom is 0.356 e. The molecule has 0 radical (unpaired) electrons. The molecule has 1 heterocycles. The molecule has 0 aliphatic carbocycles. The maximum absolute atomic E-state index is 11.8. The lowest BCUT2D eigenvalue weighted by molar-refractivity contribution is 0.0595. The van der Waals surface area contributed by atoms with Gasteiger partial charge in [0.05, 0.1) is 32.0 Å². The molecule has 1 aromatic carbocycles. The van der Waals surface area contributed by atoms with E-state index in [1.54, 1.807) is 12.1 Å². The maximum atomic E-state index is 11.8. The van der Waals surface area contributed by atoms with Gasteiger partial charge in [0.15, 0.2) is 0 Å². The van der Waals surface area contributed by atoms with Crippen molar-refractivity contribution >= 4 is 17.6 Å². The van der Waals surface area contributed by atoms with Crippen LogP contribution in [-0.2, 0) is 31.1 Å². The van der Waals surface area contributed by atoms with Crippen LogP contribution in [0.3, 0.4) is 0 Å². The SMILES string of the molecule is COC(=O)c1[nH]c(CN)c(-c2ccc(CO)c(CO)c2CO)c1Cl. The van der Waals surface area contributed by atoms with Gasteiger partial charge in [0.2, 0.25) is 0 Å². The van der Waals surface area contributed by atoms with E-state index in [1.807, 2.05) is 0 Å². The fourth-order valence-corrected chi connectivity index (χ4v) is 3.04. The van der Waals surface area contributed by atoms with Crippen LogP contribution in [-0.4, -0.2) is 33.4 Å². The second kappa shape index (κ2) is 7.78. The largest absolute Gasteiger partial charge is 0.464 e. The van der Waals surface area contributed by atoms with E-state index < -0.39 is 5.97 Å². The molecule has 0 bridgehead atoms. The standard InChI is InChI=1S/C16H19ClN2O5/c1-24-16(23)15-14(17)13(12(4-18)19-15)9-3-2-8(5-20)10(6-21)11(9)7-22/h2-3,19-22H,4-7,18H2,1H3. The molecule has 0 unspecified atom stereocenters. The van der Waals surface area contributed by atoms with Crippen LogP contribution in [0.15, 0.2) is 12.1 Å². The Bertz CT molecular complexity index is 757. The van der Waals surface area contributed by atoms with Gasteiger partial charge in [-0.3, -0.25) is 0 Å². The van der Waals surface area contributed by atoms with Gasteiger partial charge in [0.1, 0.15) is 5.69 Å². The number of nitrogens with two attached hydrogens (primary N) is 1. The van der Waals surface area contributed by atoms with Crippen LogP contribution in [0.4, 0.5) is 0 Å². The number of hydrogen-bond acceptors (Lipinski definition) is 6. The second-order valence-electron chi connectivity index (χ2n) is 5.07. The predicted octanol–water partition coefficient (Wildman–Crippen LogP) is 1.06. The number of aromatic nitrogens is 1. The van der Waals surface area contributed by atoms with Gasteiger partial charge in [-0.1, -0.05) is 23.7 Å². The van der Waals surface area contributed by atoms with E-state index in [2.05, 4.69) is 9.72 Å². The minimum Gasteiger partial charge on any atom is -0.464 e. The molecule has 0 fully saturated rings. The van der Waals surface area contributed by atoms with Crippen LogP contribution in [0.25, 0.3) is 11.1 Å². The Balaban J connectivity index is 2.77. The first-order valence-corrected chi connectivity index (χ1v) is 7.57. The van der Waals surface area contributed by atoms with Gasteiger partial charge in [-0.2, -0.15) is 0 Å². The van der Waals surface area contributed by atoms with Crippen LogP contribution in [0.5, 0.6) is 0 Å². The molecule has 6 N–H and O–H groups in total. The molecule has 0 saturated heterocycles. The van der Waals surface area contributed by atoms with Crippen molar-refractivity contribution in [1.82, 2.24) is 4.98 Å². The fourth-order valence-electron chi connectivity index (χ4n) is 2.70. The minimum atomic E-state index is -0.638. The van der Waals surface area contributed by atoms with Crippen molar-refractivity contribution in [2.45, 2.75) is 26.4 Å². The van der Waals surface area contributed by atoms with Crippen LogP contribution < -0.4 is 5.73 Å². The Labute approximate surface area is 143 Å². The number of H-pyrrole nitrogens is 1. The highest BCUT2D eigenvalue weighted by molar-refractivity contribution is 6.36. The average molecular weight is 355 g/mol. The monoisotopic (exact) mass is 354 g/mol. The van der Waals surface area contributed by atoms with Crippen LogP contribution >= 0.6 is 11.6 Å². The number of ether oxygens (including phenoxy) is 1.